The van der Waals surface area contributed by atoms with Crippen molar-refractivity contribution in [2.24, 2.45) is 0 Å². The maximum Gasteiger partial charge on any atom is 0.331 e. The molecule has 1 rings (SSSR count). The number of amides is 1. The van der Waals surface area contributed by atoms with Gasteiger partial charge in [0.05, 0.1) is 0 Å². The first-order chi connectivity index (χ1) is 8.10. The molecule has 92 valence electrons. The van der Waals surface area contributed by atoms with Gasteiger partial charge in [-0.1, -0.05) is 13.0 Å². The molecule has 17 heavy (non-hydrogen) atoms. The van der Waals surface area contributed by atoms with Crippen molar-refractivity contribution in [3.63, 3.8) is 0 Å². The molecule has 1 amide bonds. The first-order valence-electron chi connectivity index (χ1n) is 5.46. The Balaban J connectivity index is 3.03. The van der Waals surface area contributed by atoms with Crippen LogP contribution < -0.4 is 0 Å². The SMILES string of the molecule is CCCN(C=O)C(C(=O)O)c1ccc(C)nc1. The molecule has 0 saturated carbocycles. The van der Waals surface area contributed by atoms with Crippen LogP contribution in [0.3, 0.4) is 0 Å². The molecule has 0 aromatic carbocycles. The summed E-state index contributed by atoms with van der Waals surface area (Å²) in [7, 11) is 0. The maximum absolute atomic E-state index is 11.2. The predicted molar refractivity (Wildman–Crippen MR) is 62.4 cm³/mol. The van der Waals surface area contributed by atoms with E-state index in [0.717, 1.165) is 5.69 Å². The minimum atomic E-state index is -1.05. The van der Waals surface area contributed by atoms with Crippen LogP contribution in [0.25, 0.3) is 0 Å². The number of rotatable bonds is 6. The normalized spacial score (nSPS) is 11.9. The Morgan fingerprint density at radius 3 is 2.71 bits per heavy atom. The Bertz CT molecular complexity index is 389. The molecule has 0 spiro atoms. The summed E-state index contributed by atoms with van der Waals surface area (Å²) in [5.41, 5.74) is 1.33. The smallest absolute Gasteiger partial charge is 0.331 e. The standard InChI is InChI=1S/C12H16N2O3/c1-3-6-14(8-15)11(12(16)17)10-5-4-9(2)13-7-10/h4-5,7-8,11H,3,6H2,1-2H3,(H,16,17). The second-order valence-electron chi connectivity index (χ2n) is 3.82. The van der Waals surface area contributed by atoms with Crippen molar-refractivity contribution >= 4 is 12.4 Å². The van der Waals surface area contributed by atoms with Gasteiger partial charge >= 0.3 is 5.97 Å². The predicted octanol–water partition coefficient (Wildman–Crippen LogP) is 1.38. The van der Waals surface area contributed by atoms with Crippen LogP contribution in [0.15, 0.2) is 18.3 Å². The van der Waals surface area contributed by atoms with Crippen LogP contribution in [0.5, 0.6) is 0 Å². The second-order valence-corrected chi connectivity index (χ2v) is 3.82. The summed E-state index contributed by atoms with van der Waals surface area (Å²) in [4.78, 5) is 27.5. The molecule has 1 unspecified atom stereocenters. The molecule has 5 nitrogen and oxygen atoms in total. The first kappa shape index (κ1) is 13.2. The number of hydrogen-bond donors (Lipinski definition) is 1. The van der Waals surface area contributed by atoms with Crippen molar-refractivity contribution in [2.45, 2.75) is 26.3 Å². The van der Waals surface area contributed by atoms with Gasteiger partial charge in [-0.3, -0.25) is 9.78 Å². The molecule has 0 aliphatic rings. The monoisotopic (exact) mass is 236 g/mol. The van der Waals surface area contributed by atoms with Crippen LogP contribution in [0.4, 0.5) is 0 Å². The Kier molecular flexibility index (Phi) is 4.63. The van der Waals surface area contributed by atoms with E-state index in [1.807, 2.05) is 13.8 Å². The van der Waals surface area contributed by atoms with E-state index in [2.05, 4.69) is 4.98 Å². The number of carboxylic acids is 1. The molecule has 1 atom stereocenters. The highest BCUT2D eigenvalue weighted by molar-refractivity contribution is 5.78. The van der Waals surface area contributed by atoms with Gasteiger partial charge in [0.2, 0.25) is 6.41 Å². The van der Waals surface area contributed by atoms with Crippen molar-refractivity contribution in [3.8, 4) is 0 Å². The summed E-state index contributed by atoms with van der Waals surface area (Å²) in [6.45, 7) is 4.13. The van der Waals surface area contributed by atoms with Gasteiger partial charge in [-0.25, -0.2) is 4.79 Å². The zero-order valence-electron chi connectivity index (χ0n) is 9.96. The van der Waals surface area contributed by atoms with Crippen LogP contribution in [0.2, 0.25) is 0 Å². The minimum Gasteiger partial charge on any atom is -0.479 e. The van der Waals surface area contributed by atoms with Gasteiger partial charge in [-0.05, 0) is 19.4 Å². The molecule has 0 aliphatic carbocycles. The van der Waals surface area contributed by atoms with Gasteiger partial charge in [-0.2, -0.15) is 0 Å². The van der Waals surface area contributed by atoms with E-state index in [0.29, 0.717) is 24.9 Å². The molecule has 1 N–H and O–H groups in total. The number of carbonyl (C=O) groups excluding carboxylic acids is 1. The van der Waals surface area contributed by atoms with Gasteiger partial charge in [0.25, 0.3) is 0 Å². The summed E-state index contributed by atoms with van der Waals surface area (Å²) < 4.78 is 0. The minimum absolute atomic E-state index is 0.411. The Hall–Kier alpha value is -1.91. The molecule has 0 aliphatic heterocycles. The molecule has 0 bridgehead atoms. The zero-order valence-corrected chi connectivity index (χ0v) is 9.96. The fourth-order valence-electron chi connectivity index (χ4n) is 1.62. The number of aryl methyl sites for hydroxylation is 1. The van der Waals surface area contributed by atoms with Gasteiger partial charge in [0, 0.05) is 24.0 Å². The van der Waals surface area contributed by atoms with Gasteiger partial charge in [0.15, 0.2) is 6.04 Å². The van der Waals surface area contributed by atoms with Gasteiger partial charge in [0.1, 0.15) is 0 Å². The van der Waals surface area contributed by atoms with E-state index in [1.54, 1.807) is 12.1 Å². The van der Waals surface area contributed by atoms with Crippen molar-refractivity contribution in [2.75, 3.05) is 6.54 Å². The molecule has 1 aromatic rings. The maximum atomic E-state index is 11.2. The molecule has 5 heteroatoms. The average Bonchev–Trinajstić information content (AvgIpc) is 2.30. The Labute approximate surface area is 100 Å². The van der Waals surface area contributed by atoms with Crippen LogP contribution in [0, 0.1) is 6.92 Å². The molecule has 1 aromatic heterocycles. The molecule has 0 radical (unpaired) electrons. The quantitative estimate of drug-likeness (QED) is 0.757. The van der Waals surface area contributed by atoms with Crippen LogP contribution in [0.1, 0.15) is 30.6 Å². The van der Waals surface area contributed by atoms with E-state index >= 15 is 0 Å². The first-order valence-corrected chi connectivity index (χ1v) is 5.46. The third-order valence-electron chi connectivity index (χ3n) is 2.43. The number of carboxylic acid groups (broad SMARTS) is 1. The lowest BCUT2D eigenvalue weighted by Gasteiger charge is -2.24. The van der Waals surface area contributed by atoms with E-state index in [4.69, 9.17) is 0 Å². The number of pyridine rings is 1. The summed E-state index contributed by atoms with van der Waals surface area (Å²) in [5, 5.41) is 9.20. The van der Waals surface area contributed by atoms with Crippen LogP contribution in [-0.2, 0) is 9.59 Å². The highest BCUT2D eigenvalue weighted by Crippen LogP contribution is 2.19. The van der Waals surface area contributed by atoms with E-state index in [1.165, 1.54) is 11.1 Å². The lowest BCUT2D eigenvalue weighted by molar-refractivity contribution is -0.146. The number of hydrogen-bond acceptors (Lipinski definition) is 3. The molecular formula is C12H16N2O3. The summed E-state index contributed by atoms with van der Waals surface area (Å²) in [5.74, 6) is -1.05. The molecule has 0 fully saturated rings. The van der Waals surface area contributed by atoms with E-state index in [9.17, 15) is 14.7 Å². The summed E-state index contributed by atoms with van der Waals surface area (Å²) in [6, 6.07) is 2.47. The van der Waals surface area contributed by atoms with E-state index in [-0.39, 0.29) is 0 Å². The average molecular weight is 236 g/mol. The largest absolute Gasteiger partial charge is 0.479 e. The summed E-state index contributed by atoms with van der Waals surface area (Å²) in [6.07, 6.45) is 2.78. The highest BCUT2D eigenvalue weighted by atomic mass is 16.4. The van der Waals surface area contributed by atoms with Crippen molar-refractivity contribution in [1.29, 1.82) is 0 Å². The fourth-order valence-corrected chi connectivity index (χ4v) is 1.62. The highest BCUT2D eigenvalue weighted by Gasteiger charge is 2.26. The second kappa shape index (κ2) is 5.98. The van der Waals surface area contributed by atoms with Gasteiger partial charge < -0.3 is 10.0 Å². The number of aliphatic carboxylic acids is 1. The molecule has 1 heterocycles. The van der Waals surface area contributed by atoms with Crippen molar-refractivity contribution in [1.82, 2.24) is 9.88 Å². The zero-order chi connectivity index (χ0) is 12.8. The van der Waals surface area contributed by atoms with E-state index < -0.39 is 12.0 Å². The Morgan fingerprint density at radius 1 is 1.59 bits per heavy atom. The molecule has 0 saturated heterocycles. The number of aromatic nitrogens is 1. The number of nitrogens with zero attached hydrogens (tertiary/aromatic N) is 2. The third-order valence-corrected chi connectivity index (χ3v) is 2.43. The third kappa shape index (κ3) is 3.27. The van der Waals surface area contributed by atoms with Crippen LogP contribution in [-0.4, -0.2) is 33.9 Å². The molecular weight excluding hydrogens is 220 g/mol. The Morgan fingerprint density at radius 2 is 2.29 bits per heavy atom. The van der Waals surface area contributed by atoms with Crippen molar-refractivity contribution in [3.05, 3.63) is 29.6 Å². The summed E-state index contributed by atoms with van der Waals surface area (Å²) >= 11 is 0. The fraction of sp³-hybridized carbons (Fsp3) is 0.417. The van der Waals surface area contributed by atoms with Crippen LogP contribution >= 0.6 is 0 Å². The number of carbonyl (C=O) groups is 2. The van der Waals surface area contributed by atoms with Crippen molar-refractivity contribution < 1.29 is 14.7 Å². The lowest BCUT2D eigenvalue weighted by Crippen LogP contribution is -2.33. The lowest BCUT2D eigenvalue weighted by atomic mass is 10.1. The topological polar surface area (TPSA) is 70.5 Å². The van der Waals surface area contributed by atoms with Gasteiger partial charge in [-0.15, -0.1) is 0 Å².